The molecule has 0 saturated carbocycles. The molecule has 0 radical (unpaired) electrons. The van der Waals surface area contributed by atoms with Crippen molar-refractivity contribution in [2.45, 2.75) is 30.2 Å². The Hall–Kier alpha value is -0.210. The van der Waals surface area contributed by atoms with Crippen molar-refractivity contribution in [1.82, 2.24) is 9.29 Å². The highest BCUT2D eigenvalue weighted by Gasteiger charge is 2.36. The Morgan fingerprint density at radius 2 is 2.39 bits per heavy atom. The lowest BCUT2D eigenvalue weighted by atomic mass is 10.2. The van der Waals surface area contributed by atoms with Crippen molar-refractivity contribution >= 4 is 33.0 Å². The van der Waals surface area contributed by atoms with Gasteiger partial charge in [0.2, 0.25) is 0 Å². The maximum atomic E-state index is 12.5. The average molecular weight is 311 g/mol. The van der Waals surface area contributed by atoms with Crippen LogP contribution in [0.15, 0.2) is 10.4 Å². The minimum atomic E-state index is -3.48. The van der Waals surface area contributed by atoms with Crippen LogP contribution in [0.5, 0.6) is 0 Å². The van der Waals surface area contributed by atoms with Crippen molar-refractivity contribution in [1.29, 1.82) is 0 Å². The third-order valence-electron chi connectivity index (χ3n) is 2.78. The first-order valence-electron chi connectivity index (χ1n) is 5.57. The van der Waals surface area contributed by atoms with Crippen LogP contribution >= 0.6 is 22.9 Å². The number of rotatable bonds is 3. The standard InChI is InChI=1S/C10H15ClN2O3S2/c1-7-6-16-9(3-11)5-13(7)18(14,15)10-4-12-8(2)17-10/h4,7,9H,3,5-6H2,1-2H3. The molecule has 2 atom stereocenters. The number of sulfonamides is 1. The number of hydrogen-bond donors (Lipinski definition) is 0. The highest BCUT2D eigenvalue weighted by Crippen LogP contribution is 2.26. The molecule has 5 nitrogen and oxygen atoms in total. The van der Waals surface area contributed by atoms with Gasteiger partial charge in [-0.05, 0) is 13.8 Å². The molecule has 1 fully saturated rings. The van der Waals surface area contributed by atoms with Gasteiger partial charge < -0.3 is 4.74 Å². The van der Waals surface area contributed by atoms with Gasteiger partial charge in [-0.1, -0.05) is 0 Å². The molecule has 1 saturated heterocycles. The number of ether oxygens (including phenoxy) is 1. The Bertz CT molecular complexity index is 517. The van der Waals surface area contributed by atoms with E-state index in [1.165, 1.54) is 21.8 Å². The predicted molar refractivity (Wildman–Crippen MR) is 70.7 cm³/mol. The second kappa shape index (κ2) is 5.42. The molecule has 2 heterocycles. The topological polar surface area (TPSA) is 59.5 Å². The number of thiazole rings is 1. The van der Waals surface area contributed by atoms with Crippen LogP contribution in [0.4, 0.5) is 0 Å². The molecular formula is C10H15ClN2O3S2. The van der Waals surface area contributed by atoms with E-state index in [4.69, 9.17) is 16.3 Å². The van der Waals surface area contributed by atoms with Crippen molar-refractivity contribution < 1.29 is 13.2 Å². The summed E-state index contributed by atoms with van der Waals surface area (Å²) < 4.78 is 32.1. The fourth-order valence-electron chi connectivity index (χ4n) is 1.80. The summed E-state index contributed by atoms with van der Waals surface area (Å²) in [5, 5.41) is 0.739. The van der Waals surface area contributed by atoms with Crippen LogP contribution < -0.4 is 0 Å². The van der Waals surface area contributed by atoms with E-state index in [1.807, 2.05) is 6.92 Å². The molecule has 18 heavy (non-hydrogen) atoms. The third kappa shape index (κ3) is 2.70. The minimum Gasteiger partial charge on any atom is -0.374 e. The number of halogens is 1. The molecule has 0 bridgehead atoms. The largest absolute Gasteiger partial charge is 0.374 e. The maximum Gasteiger partial charge on any atom is 0.254 e. The van der Waals surface area contributed by atoms with E-state index in [2.05, 4.69) is 4.98 Å². The van der Waals surface area contributed by atoms with Gasteiger partial charge in [0, 0.05) is 18.5 Å². The van der Waals surface area contributed by atoms with E-state index in [0.29, 0.717) is 19.0 Å². The first kappa shape index (κ1) is 14.2. The summed E-state index contributed by atoms with van der Waals surface area (Å²) in [5.41, 5.74) is 0. The van der Waals surface area contributed by atoms with Crippen molar-refractivity contribution in [2.24, 2.45) is 0 Å². The zero-order valence-electron chi connectivity index (χ0n) is 10.2. The average Bonchev–Trinajstić information content (AvgIpc) is 2.77. The van der Waals surface area contributed by atoms with Crippen LogP contribution in [0.1, 0.15) is 11.9 Å². The van der Waals surface area contributed by atoms with E-state index in [-0.39, 0.29) is 16.4 Å². The zero-order chi connectivity index (χ0) is 13.3. The van der Waals surface area contributed by atoms with Crippen LogP contribution in [-0.4, -0.2) is 48.9 Å². The molecule has 1 aliphatic rings. The van der Waals surface area contributed by atoms with Gasteiger partial charge in [-0.3, -0.25) is 0 Å². The van der Waals surface area contributed by atoms with Crippen LogP contribution in [0.2, 0.25) is 0 Å². The first-order valence-corrected chi connectivity index (χ1v) is 8.36. The number of hydrogen-bond acceptors (Lipinski definition) is 5. The Labute approximate surface area is 116 Å². The van der Waals surface area contributed by atoms with Crippen molar-refractivity contribution in [2.75, 3.05) is 19.0 Å². The van der Waals surface area contributed by atoms with Gasteiger partial charge in [-0.15, -0.1) is 22.9 Å². The lowest BCUT2D eigenvalue weighted by Gasteiger charge is -2.35. The fraction of sp³-hybridized carbons (Fsp3) is 0.700. The number of aromatic nitrogens is 1. The molecule has 0 spiro atoms. The predicted octanol–water partition coefficient (Wildman–Crippen LogP) is 1.47. The third-order valence-corrected chi connectivity index (χ3v) is 6.46. The van der Waals surface area contributed by atoms with E-state index >= 15 is 0 Å². The minimum absolute atomic E-state index is 0.183. The zero-order valence-corrected chi connectivity index (χ0v) is 12.6. The summed E-state index contributed by atoms with van der Waals surface area (Å²) >= 11 is 6.92. The molecule has 2 rings (SSSR count). The molecule has 0 N–H and O–H groups in total. The van der Waals surface area contributed by atoms with E-state index in [1.54, 1.807) is 6.92 Å². The van der Waals surface area contributed by atoms with Gasteiger partial charge in [0.25, 0.3) is 10.0 Å². The van der Waals surface area contributed by atoms with E-state index in [9.17, 15) is 8.42 Å². The van der Waals surface area contributed by atoms with Crippen LogP contribution in [0.3, 0.4) is 0 Å². The molecule has 1 aromatic heterocycles. The van der Waals surface area contributed by atoms with Gasteiger partial charge in [0.05, 0.1) is 23.9 Å². The number of aryl methyl sites for hydroxylation is 1. The van der Waals surface area contributed by atoms with Gasteiger partial charge in [0.1, 0.15) is 0 Å². The van der Waals surface area contributed by atoms with E-state index in [0.717, 1.165) is 5.01 Å². The summed E-state index contributed by atoms with van der Waals surface area (Å²) in [4.78, 5) is 4.00. The van der Waals surface area contributed by atoms with E-state index < -0.39 is 10.0 Å². The number of morpholine rings is 1. The normalized spacial score (nSPS) is 26.4. The van der Waals surface area contributed by atoms with Gasteiger partial charge in [0.15, 0.2) is 4.21 Å². The molecule has 1 aliphatic heterocycles. The molecule has 0 aliphatic carbocycles. The molecule has 102 valence electrons. The second-order valence-corrected chi connectivity index (χ2v) is 7.89. The molecular weight excluding hydrogens is 296 g/mol. The van der Waals surface area contributed by atoms with Gasteiger partial charge in [-0.2, -0.15) is 4.31 Å². The number of nitrogens with zero attached hydrogens (tertiary/aromatic N) is 2. The van der Waals surface area contributed by atoms with Crippen molar-refractivity contribution in [3.05, 3.63) is 11.2 Å². The quantitative estimate of drug-likeness (QED) is 0.793. The Morgan fingerprint density at radius 1 is 1.67 bits per heavy atom. The summed E-state index contributed by atoms with van der Waals surface area (Å²) in [7, 11) is -3.48. The second-order valence-electron chi connectivity index (χ2n) is 4.23. The Morgan fingerprint density at radius 3 is 2.94 bits per heavy atom. The maximum absolute atomic E-state index is 12.5. The Balaban J connectivity index is 2.28. The highest BCUT2D eigenvalue weighted by atomic mass is 35.5. The summed E-state index contributed by atoms with van der Waals surface area (Å²) in [6.45, 7) is 4.28. The highest BCUT2D eigenvalue weighted by molar-refractivity contribution is 7.91. The molecule has 2 unspecified atom stereocenters. The fourth-order valence-corrected chi connectivity index (χ4v) is 4.87. The molecule has 0 aromatic carbocycles. The first-order chi connectivity index (χ1) is 8.45. The Kier molecular flexibility index (Phi) is 4.28. The smallest absolute Gasteiger partial charge is 0.254 e. The van der Waals surface area contributed by atoms with Crippen LogP contribution in [0, 0.1) is 6.92 Å². The van der Waals surface area contributed by atoms with Crippen LogP contribution in [-0.2, 0) is 14.8 Å². The van der Waals surface area contributed by atoms with Gasteiger partial charge >= 0.3 is 0 Å². The molecule has 0 amide bonds. The lowest BCUT2D eigenvalue weighted by Crippen LogP contribution is -2.51. The van der Waals surface area contributed by atoms with Crippen molar-refractivity contribution in [3.63, 3.8) is 0 Å². The number of alkyl halides is 1. The summed E-state index contributed by atoms with van der Waals surface area (Å²) in [6, 6.07) is -0.183. The van der Waals surface area contributed by atoms with Crippen LogP contribution in [0.25, 0.3) is 0 Å². The van der Waals surface area contributed by atoms with Gasteiger partial charge in [-0.25, -0.2) is 13.4 Å². The summed E-state index contributed by atoms with van der Waals surface area (Å²) in [5.74, 6) is 0.292. The monoisotopic (exact) mass is 310 g/mol. The molecule has 8 heteroatoms. The SMILES string of the molecule is Cc1ncc(S(=O)(=O)N2CC(CCl)OCC2C)s1. The van der Waals surface area contributed by atoms with Crippen molar-refractivity contribution in [3.8, 4) is 0 Å². The summed E-state index contributed by atoms with van der Waals surface area (Å²) in [6.07, 6.45) is 1.17. The lowest BCUT2D eigenvalue weighted by molar-refractivity contribution is -0.0151. The molecule has 1 aromatic rings.